The summed E-state index contributed by atoms with van der Waals surface area (Å²) in [4.78, 5) is 14.8. The molecule has 150 valence electrons. The highest BCUT2D eigenvalue weighted by Crippen LogP contribution is 2.32. The molecule has 3 rings (SSSR count). The van der Waals surface area contributed by atoms with E-state index < -0.39 is 0 Å². The van der Waals surface area contributed by atoms with Crippen LogP contribution in [0.4, 0.5) is 4.79 Å². The van der Waals surface area contributed by atoms with E-state index in [0.717, 1.165) is 43.7 Å². The van der Waals surface area contributed by atoms with Crippen LogP contribution in [0.1, 0.15) is 43.4 Å². The number of benzene rings is 2. The first-order valence-corrected chi connectivity index (χ1v) is 9.94. The Balaban J connectivity index is 1.53. The van der Waals surface area contributed by atoms with Crippen LogP contribution >= 0.6 is 0 Å². The zero-order valence-electron chi connectivity index (χ0n) is 17.0. The first kappa shape index (κ1) is 20.1. The first-order valence-electron chi connectivity index (χ1n) is 9.94. The van der Waals surface area contributed by atoms with Gasteiger partial charge in [-0.05, 0) is 68.0 Å². The third kappa shape index (κ3) is 4.97. The summed E-state index contributed by atoms with van der Waals surface area (Å²) in [5.41, 5.74) is 2.42. The second-order valence-corrected chi connectivity index (χ2v) is 7.36. The number of nitrogens with one attached hydrogen (secondary N) is 1. The predicted octanol–water partition coefficient (Wildman–Crippen LogP) is 4.57. The average molecular weight is 383 g/mol. The van der Waals surface area contributed by atoms with E-state index in [1.807, 2.05) is 29.2 Å². The Kier molecular flexibility index (Phi) is 6.80. The van der Waals surface area contributed by atoms with Crippen LogP contribution in [0.5, 0.6) is 11.5 Å². The third-order valence-electron chi connectivity index (χ3n) is 5.41. The Morgan fingerprint density at radius 2 is 1.68 bits per heavy atom. The minimum Gasteiger partial charge on any atom is -0.497 e. The van der Waals surface area contributed by atoms with Gasteiger partial charge in [0, 0.05) is 12.6 Å². The normalized spacial score (nSPS) is 17.2. The molecular formula is C23H30N2O3. The lowest BCUT2D eigenvalue weighted by Crippen LogP contribution is -2.43. The topological polar surface area (TPSA) is 50.8 Å². The zero-order chi connectivity index (χ0) is 19.9. The lowest BCUT2D eigenvalue weighted by atomic mass is 10.0. The van der Waals surface area contributed by atoms with Gasteiger partial charge in [0.2, 0.25) is 0 Å². The molecule has 0 bridgehead atoms. The molecular weight excluding hydrogens is 352 g/mol. The van der Waals surface area contributed by atoms with Crippen LogP contribution in [0, 0.1) is 0 Å². The van der Waals surface area contributed by atoms with Crippen molar-refractivity contribution in [2.24, 2.45) is 0 Å². The van der Waals surface area contributed by atoms with E-state index >= 15 is 0 Å². The molecule has 2 atom stereocenters. The molecule has 0 aliphatic carbocycles. The van der Waals surface area contributed by atoms with Crippen molar-refractivity contribution < 1.29 is 14.3 Å². The van der Waals surface area contributed by atoms with Gasteiger partial charge in [0.05, 0.1) is 20.3 Å². The van der Waals surface area contributed by atoms with Gasteiger partial charge in [0.25, 0.3) is 0 Å². The van der Waals surface area contributed by atoms with Gasteiger partial charge in [-0.1, -0.05) is 24.3 Å². The number of carbonyl (C=O) groups is 1. The van der Waals surface area contributed by atoms with E-state index in [4.69, 9.17) is 9.47 Å². The number of amides is 2. The summed E-state index contributed by atoms with van der Waals surface area (Å²) < 4.78 is 10.4. The summed E-state index contributed by atoms with van der Waals surface area (Å²) in [6, 6.07) is 16.4. The molecule has 2 aromatic rings. The van der Waals surface area contributed by atoms with Crippen molar-refractivity contribution in [1.82, 2.24) is 10.2 Å². The van der Waals surface area contributed by atoms with Gasteiger partial charge in [-0.15, -0.1) is 0 Å². The minimum atomic E-state index is 0.0283. The second kappa shape index (κ2) is 9.49. The van der Waals surface area contributed by atoms with Gasteiger partial charge in [0.15, 0.2) is 0 Å². The average Bonchev–Trinajstić information content (AvgIpc) is 3.23. The van der Waals surface area contributed by atoms with E-state index in [9.17, 15) is 4.79 Å². The molecule has 2 unspecified atom stereocenters. The molecule has 5 nitrogen and oxygen atoms in total. The molecule has 1 aliphatic heterocycles. The van der Waals surface area contributed by atoms with E-state index in [1.165, 1.54) is 11.1 Å². The SMILES string of the molecule is COc1ccc(CCC(C)NC(=O)N2CCCC2c2ccc(OC)cc2)cc1. The number of hydrogen-bond donors (Lipinski definition) is 1. The van der Waals surface area contributed by atoms with Crippen molar-refractivity contribution in [2.45, 2.75) is 44.7 Å². The quantitative estimate of drug-likeness (QED) is 0.763. The highest BCUT2D eigenvalue weighted by molar-refractivity contribution is 5.75. The molecule has 5 heteroatoms. The summed E-state index contributed by atoms with van der Waals surface area (Å²) in [6.07, 6.45) is 3.86. The van der Waals surface area contributed by atoms with Gasteiger partial charge < -0.3 is 19.7 Å². The maximum Gasteiger partial charge on any atom is 0.318 e. The monoisotopic (exact) mass is 382 g/mol. The fourth-order valence-electron chi connectivity index (χ4n) is 3.72. The lowest BCUT2D eigenvalue weighted by Gasteiger charge is -2.27. The number of methoxy groups -OCH3 is 2. The molecule has 0 saturated carbocycles. The fraction of sp³-hybridized carbons (Fsp3) is 0.435. The summed E-state index contributed by atoms with van der Waals surface area (Å²) in [5, 5.41) is 3.17. The number of rotatable bonds is 7. The highest BCUT2D eigenvalue weighted by atomic mass is 16.5. The molecule has 1 N–H and O–H groups in total. The molecule has 0 spiro atoms. The van der Waals surface area contributed by atoms with Crippen molar-refractivity contribution in [3.8, 4) is 11.5 Å². The van der Waals surface area contributed by atoms with Crippen LogP contribution in [0.25, 0.3) is 0 Å². The van der Waals surface area contributed by atoms with Gasteiger partial charge in [-0.3, -0.25) is 0 Å². The highest BCUT2D eigenvalue weighted by Gasteiger charge is 2.30. The van der Waals surface area contributed by atoms with Crippen LogP contribution < -0.4 is 14.8 Å². The number of urea groups is 1. The first-order chi connectivity index (χ1) is 13.6. The van der Waals surface area contributed by atoms with E-state index in [-0.39, 0.29) is 18.1 Å². The smallest absolute Gasteiger partial charge is 0.318 e. The standard InChI is InChI=1S/C23H30N2O3/c1-17(6-7-18-8-12-20(27-2)13-9-18)24-23(26)25-16-4-5-22(25)19-10-14-21(28-3)15-11-19/h8-15,17,22H,4-7,16H2,1-3H3,(H,24,26). The number of carbonyl (C=O) groups excluding carboxylic acids is 1. The minimum absolute atomic E-state index is 0.0283. The Morgan fingerprint density at radius 3 is 2.29 bits per heavy atom. The Hall–Kier alpha value is -2.69. The molecule has 2 aromatic carbocycles. The summed E-state index contributed by atoms with van der Waals surface area (Å²) in [6.45, 7) is 2.87. The van der Waals surface area contributed by atoms with E-state index in [2.05, 4.69) is 36.5 Å². The van der Waals surface area contributed by atoms with Crippen LogP contribution in [-0.4, -0.2) is 37.7 Å². The maximum absolute atomic E-state index is 12.8. The number of hydrogen-bond acceptors (Lipinski definition) is 3. The lowest BCUT2D eigenvalue weighted by molar-refractivity contribution is 0.189. The van der Waals surface area contributed by atoms with Crippen LogP contribution in [0.2, 0.25) is 0 Å². The molecule has 0 aromatic heterocycles. The summed E-state index contributed by atoms with van der Waals surface area (Å²) in [7, 11) is 3.34. The van der Waals surface area contributed by atoms with Crippen molar-refractivity contribution in [3.05, 3.63) is 59.7 Å². The Labute approximate surface area is 167 Å². The van der Waals surface area contributed by atoms with Gasteiger partial charge in [0.1, 0.15) is 11.5 Å². The van der Waals surface area contributed by atoms with Crippen molar-refractivity contribution in [1.29, 1.82) is 0 Å². The van der Waals surface area contributed by atoms with Gasteiger partial charge in [-0.2, -0.15) is 0 Å². The Bertz CT molecular complexity index is 758. The van der Waals surface area contributed by atoms with Crippen molar-refractivity contribution >= 4 is 6.03 Å². The maximum atomic E-state index is 12.8. The van der Waals surface area contributed by atoms with Crippen molar-refractivity contribution in [3.63, 3.8) is 0 Å². The predicted molar refractivity (Wildman–Crippen MR) is 111 cm³/mol. The zero-order valence-corrected chi connectivity index (χ0v) is 17.0. The number of likely N-dealkylation sites (tertiary alicyclic amines) is 1. The number of ether oxygens (including phenoxy) is 2. The molecule has 1 heterocycles. The third-order valence-corrected chi connectivity index (χ3v) is 5.41. The largest absolute Gasteiger partial charge is 0.497 e. The second-order valence-electron chi connectivity index (χ2n) is 7.36. The Morgan fingerprint density at radius 1 is 1.07 bits per heavy atom. The molecule has 0 radical (unpaired) electrons. The van der Waals surface area contributed by atoms with Crippen LogP contribution in [-0.2, 0) is 6.42 Å². The van der Waals surface area contributed by atoms with E-state index in [1.54, 1.807) is 14.2 Å². The van der Waals surface area contributed by atoms with Crippen LogP contribution in [0.15, 0.2) is 48.5 Å². The van der Waals surface area contributed by atoms with Crippen LogP contribution in [0.3, 0.4) is 0 Å². The molecule has 1 aliphatic rings. The molecule has 1 saturated heterocycles. The fourth-order valence-corrected chi connectivity index (χ4v) is 3.72. The molecule has 28 heavy (non-hydrogen) atoms. The molecule has 2 amide bonds. The molecule has 1 fully saturated rings. The number of aryl methyl sites for hydroxylation is 1. The van der Waals surface area contributed by atoms with Crippen molar-refractivity contribution in [2.75, 3.05) is 20.8 Å². The summed E-state index contributed by atoms with van der Waals surface area (Å²) in [5.74, 6) is 1.70. The van der Waals surface area contributed by atoms with Gasteiger partial charge in [-0.25, -0.2) is 4.79 Å². The van der Waals surface area contributed by atoms with Gasteiger partial charge >= 0.3 is 6.03 Å². The summed E-state index contributed by atoms with van der Waals surface area (Å²) >= 11 is 0. The number of nitrogens with zero attached hydrogens (tertiary/aromatic N) is 1. The van der Waals surface area contributed by atoms with E-state index in [0.29, 0.717) is 0 Å².